The summed E-state index contributed by atoms with van der Waals surface area (Å²) in [5.74, 6) is -0.233. The number of carbonyl (C=O) groups excluding carboxylic acids is 2. The molecule has 1 N–H and O–H groups in total. The second kappa shape index (κ2) is 8.47. The molecule has 0 saturated carbocycles. The lowest BCUT2D eigenvalue weighted by molar-refractivity contribution is -0.126. The molecular weight excluding hydrogens is 312 g/mol. The Morgan fingerprint density at radius 3 is 2.40 bits per heavy atom. The van der Waals surface area contributed by atoms with E-state index >= 15 is 0 Å². The van der Waals surface area contributed by atoms with Crippen molar-refractivity contribution in [2.75, 3.05) is 18.0 Å². The quantitative estimate of drug-likeness (QED) is 0.790. The van der Waals surface area contributed by atoms with Crippen molar-refractivity contribution in [2.24, 2.45) is 5.92 Å². The van der Waals surface area contributed by atoms with Gasteiger partial charge in [0.25, 0.3) is 0 Å². The molecule has 2 amide bonds. The number of para-hydroxylation sites is 1. The summed E-state index contributed by atoms with van der Waals surface area (Å²) < 4.78 is 0. The first-order valence-corrected chi connectivity index (χ1v) is 8.91. The number of hydrogen-bond donors (Lipinski definition) is 1. The Bertz CT molecular complexity index is 700. The molecule has 0 aromatic heterocycles. The van der Waals surface area contributed by atoms with Gasteiger partial charge >= 0.3 is 0 Å². The van der Waals surface area contributed by atoms with Crippen LogP contribution in [0, 0.1) is 5.92 Å². The molecular formula is C21H24N2O2. The van der Waals surface area contributed by atoms with Crippen molar-refractivity contribution < 1.29 is 9.59 Å². The number of amides is 2. The van der Waals surface area contributed by atoms with Gasteiger partial charge in [0.15, 0.2) is 0 Å². The van der Waals surface area contributed by atoms with Crippen LogP contribution in [-0.2, 0) is 16.0 Å². The molecule has 1 heterocycles. The molecule has 0 bridgehead atoms. The maximum Gasteiger partial charge on any atom is 0.227 e. The number of hydrogen-bond acceptors (Lipinski definition) is 2. The number of rotatable bonds is 7. The molecule has 130 valence electrons. The molecule has 25 heavy (non-hydrogen) atoms. The molecule has 1 saturated heterocycles. The van der Waals surface area contributed by atoms with E-state index in [1.165, 1.54) is 5.56 Å². The summed E-state index contributed by atoms with van der Waals surface area (Å²) in [6, 6.07) is 19.9. The highest BCUT2D eigenvalue weighted by atomic mass is 16.2. The SMILES string of the molecule is O=C(NCCCCc1ccccc1)C1CC(=O)N(c2ccccc2)C1. The number of aryl methyl sites for hydroxylation is 1. The molecule has 0 radical (unpaired) electrons. The third-order valence-electron chi connectivity index (χ3n) is 4.60. The van der Waals surface area contributed by atoms with Gasteiger partial charge in [0.2, 0.25) is 11.8 Å². The predicted octanol–water partition coefficient (Wildman–Crippen LogP) is 3.18. The fourth-order valence-corrected chi connectivity index (χ4v) is 3.20. The number of anilines is 1. The zero-order chi connectivity index (χ0) is 17.5. The first-order chi connectivity index (χ1) is 12.2. The van der Waals surface area contributed by atoms with Crippen LogP contribution in [0.4, 0.5) is 5.69 Å². The monoisotopic (exact) mass is 336 g/mol. The third-order valence-corrected chi connectivity index (χ3v) is 4.60. The Morgan fingerprint density at radius 1 is 1.00 bits per heavy atom. The fraction of sp³-hybridized carbons (Fsp3) is 0.333. The van der Waals surface area contributed by atoms with Gasteiger partial charge in [-0.05, 0) is 37.0 Å². The summed E-state index contributed by atoms with van der Waals surface area (Å²) in [5.41, 5.74) is 2.19. The Hall–Kier alpha value is -2.62. The van der Waals surface area contributed by atoms with Crippen molar-refractivity contribution in [1.29, 1.82) is 0 Å². The van der Waals surface area contributed by atoms with Crippen molar-refractivity contribution in [1.82, 2.24) is 5.32 Å². The van der Waals surface area contributed by atoms with Gasteiger partial charge < -0.3 is 10.2 Å². The van der Waals surface area contributed by atoms with Crippen LogP contribution in [0.3, 0.4) is 0 Å². The molecule has 1 unspecified atom stereocenters. The number of benzene rings is 2. The van der Waals surface area contributed by atoms with Crippen LogP contribution < -0.4 is 10.2 Å². The van der Waals surface area contributed by atoms with E-state index in [1.807, 2.05) is 48.5 Å². The van der Waals surface area contributed by atoms with Crippen LogP contribution in [0.15, 0.2) is 60.7 Å². The summed E-state index contributed by atoms with van der Waals surface area (Å²) in [6.45, 7) is 1.14. The zero-order valence-corrected chi connectivity index (χ0v) is 14.4. The van der Waals surface area contributed by atoms with E-state index in [2.05, 4.69) is 17.4 Å². The average Bonchev–Trinajstić information content (AvgIpc) is 3.05. The van der Waals surface area contributed by atoms with E-state index in [9.17, 15) is 9.59 Å². The molecule has 1 atom stereocenters. The minimum atomic E-state index is -0.248. The fourth-order valence-electron chi connectivity index (χ4n) is 3.20. The number of nitrogens with one attached hydrogen (secondary N) is 1. The van der Waals surface area contributed by atoms with Gasteiger partial charge in [0.05, 0.1) is 5.92 Å². The zero-order valence-electron chi connectivity index (χ0n) is 14.4. The standard InChI is InChI=1S/C21H24N2O2/c24-20-15-18(16-23(20)19-12-5-2-6-13-19)21(25)22-14-8-7-11-17-9-3-1-4-10-17/h1-6,9-10,12-13,18H,7-8,11,14-16H2,(H,22,25). The molecule has 3 rings (SSSR count). The highest BCUT2D eigenvalue weighted by Gasteiger charge is 2.34. The van der Waals surface area contributed by atoms with Gasteiger partial charge in [0, 0.05) is 25.2 Å². The lowest BCUT2D eigenvalue weighted by Gasteiger charge is -2.16. The smallest absolute Gasteiger partial charge is 0.227 e. The minimum absolute atomic E-state index is 0.00788. The van der Waals surface area contributed by atoms with Crippen LogP contribution in [0.25, 0.3) is 0 Å². The summed E-state index contributed by atoms with van der Waals surface area (Å²) >= 11 is 0. The maximum atomic E-state index is 12.3. The van der Waals surface area contributed by atoms with Crippen LogP contribution in [0.1, 0.15) is 24.8 Å². The predicted molar refractivity (Wildman–Crippen MR) is 99.3 cm³/mol. The van der Waals surface area contributed by atoms with Gasteiger partial charge in [-0.15, -0.1) is 0 Å². The molecule has 1 aliphatic rings. The molecule has 0 aliphatic carbocycles. The number of carbonyl (C=O) groups is 2. The topological polar surface area (TPSA) is 49.4 Å². The van der Waals surface area contributed by atoms with Crippen molar-refractivity contribution >= 4 is 17.5 Å². The summed E-state index contributed by atoms with van der Waals surface area (Å²) in [4.78, 5) is 26.2. The van der Waals surface area contributed by atoms with E-state index in [-0.39, 0.29) is 17.7 Å². The van der Waals surface area contributed by atoms with E-state index in [0.29, 0.717) is 19.5 Å². The Kier molecular flexibility index (Phi) is 5.83. The number of unbranched alkanes of at least 4 members (excludes halogenated alkanes) is 1. The lowest BCUT2D eigenvalue weighted by Crippen LogP contribution is -2.33. The Labute approximate surface area is 148 Å². The molecule has 1 fully saturated rings. The first-order valence-electron chi connectivity index (χ1n) is 8.91. The first kappa shape index (κ1) is 17.2. The largest absolute Gasteiger partial charge is 0.356 e. The van der Waals surface area contributed by atoms with Gasteiger partial charge in [-0.1, -0.05) is 48.5 Å². The third kappa shape index (κ3) is 4.69. The highest BCUT2D eigenvalue weighted by molar-refractivity contribution is 6.00. The van der Waals surface area contributed by atoms with Gasteiger partial charge in [-0.2, -0.15) is 0 Å². The van der Waals surface area contributed by atoms with E-state index in [1.54, 1.807) is 4.90 Å². The lowest BCUT2D eigenvalue weighted by atomic mass is 10.1. The van der Waals surface area contributed by atoms with Crippen LogP contribution in [-0.4, -0.2) is 24.9 Å². The van der Waals surface area contributed by atoms with Crippen LogP contribution in [0.5, 0.6) is 0 Å². The van der Waals surface area contributed by atoms with Crippen molar-refractivity contribution in [3.8, 4) is 0 Å². The van der Waals surface area contributed by atoms with E-state index in [0.717, 1.165) is 24.9 Å². The van der Waals surface area contributed by atoms with Crippen molar-refractivity contribution in [2.45, 2.75) is 25.7 Å². The maximum absolute atomic E-state index is 12.3. The highest BCUT2D eigenvalue weighted by Crippen LogP contribution is 2.24. The van der Waals surface area contributed by atoms with Crippen molar-refractivity contribution in [3.63, 3.8) is 0 Å². The van der Waals surface area contributed by atoms with Crippen LogP contribution >= 0.6 is 0 Å². The molecule has 2 aromatic rings. The second-order valence-corrected chi connectivity index (χ2v) is 6.47. The summed E-state index contributed by atoms with van der Waals surface area (Å²) in [5, 5.41) is 2.99. The molecule has 2 aromatic carbocycles. The average molecular weight is 336 g/mol. The van der Waals surface area contributed by atoms with Crippen LogP contribution in [0.2, 0.25) is 0 Å². The molecule has 4 nitrogen and oxygen atoms in total. The van der Waals surface area contributed by atoms with Gasteiger partial charge in [-0.3, -0.25) is 9.59 Å². The summed E-state index contributed by atoms with van der Waals surface area (Å²) in [7, 11) is 0. The minimum Gasteiger partial charge on any atom is -0.356 e. The Balaban J connectivity index is 1.39. The van der Waals surface area contributed by atoms with E-state index < -0.39 is 0 Å². The number of nitrogens with zero attached hydrogens (tertiary/aromatic N) is 1. The van der Waals surface area contributed by atoms with E-state index in [4.69, 9.17) is 0 Å². The van der Waals surface area contributed by atoms with Crippen molar-refractivity contribution in [3.05, 3.63) is 66.2 Å². The van der Waals surface area contributed by atoms with Gasteiger partial charge in [-0.25, -0.2) is 0 Å². The summed E-state index contributed by atoms with van der Waals surface area (Å²) in [6.07, 6.45) is 3.32. The Morgan fingerprint density at radius 2 is 1.68 bits per heavy atom. The molecule has 1 aliphatic heterocycles. The second-order valence-electron chi connectivity index (χ2n) is 6.47. The molecule has 4 heteroatoms. The molecule has 0 spiro atoms. The van der Waals surface area contributed by atoms with Gasteiger partial charge in [0.1, 0.15) is 0 Å². The normalized spacial score (nSPS) is 16.9.